The molecule has 1 amide bonds. The molecule has 0 aliphatic heterocycles. The van der Waals surface area contributed by atoms with Gasteiger partial charge in [0.15, 0.2) is 6.61 Å². The monoisotopic (exact) mass is 382 g/mol. The Morgan fingerprint density at radius 2 is 1.93 bits per heavy atom. The number of hydrogen-bond donors (Lipinski definition) is 1. The van der Waals surface area contributed by atoms with E-state index in [2.05, 4.69) is 10.5 Å². The van der Waals surface area contributed by atoms with E-state index in [1.807, 2.05) is 56.3 Å². The predicted octanol–water partition coefficient (Wildman–Crippen LogP) is 4.75. The highest BCUT2D eigenvalue weighted by Gasteiger charge is 2.05. The number of amides is 1. The van der Waals surface area contributed by atoms with E-state index in [1.165, 1.54) is 6.21 Å². The number of hydrogen-bond acceptors (Lipinski definition) is 4. The lowest BCUT2D eigenvalue weighted by Crippen LogP contribution is -2.24. The fraction of sp³-hybridized carbons (Fsp3) is 0.143. The quantitative estimate of drug-likeness (QED) is 0.494. The molecule has 0 saturated carbocycles. The summed E-state index contributed by atoms with van der Waals surface area (Å²) in [5.74, 6) is 1.49. The Hall–Kier alpha value is -3.05. The molecule has 0 unspecified atom stereocenters. The zero-order valence-corrected chi connectivity index (χ0v) is 15.8. The SMILES string of the molecule is Cc1cc(C)cc(OCC(=O)N/N=C\c2ccc(-c3cccc(Cl)c3)o2)c1. The summed E-state index contributed by atoms with van der Waals surface area (Å²) in [5.41, 5.74) is 5.44. The minimum Gasteiger partial charge on any atom is -0.484 e. The number of halogens is 1. The highest BCUT2D eigenvalue weighted by atomic mass is 35.5. The van der Waals surface area contributed by atoms with Gasteiger partial charge >= 0.3 is 0 Å². The van der Waals surface area contributed by atoms with E-state index in [9.17, 15) is 4.79 Å². The number of nitrogens with zero attached hydrogens (tertiary/aromatic N) is 1. The van der Waals surface area contributed by atoms with Gasteiger partial charge in [-0.1, -0.05) is 29.8 Å². The van der Waals surface area contributed by atoms with Crippen molar-refractivity contribution in [3.05, 3.63) is 76.5 Å². The van der Waals surface area contributed by atoms with Gasteiger partial charge in [0.2, 0.25) is 0 Å². The molecule has 0 spiro atoms. The Morgan fingerprint density at radius 3 is 2.67 bits per heavy atom. The highest BCUT2D eigenvalue weighted by molar-refractivity contribution is 6.30. The standard InChI is InChI=1S/C21H19ClN2O3/c1-14-8-15(2)10-19(9-14)26-13-21(25)24-23-12-18-6-7-20(27-18)16-4-3-5-17(22)11-16/h3-12H,13H2,1-2H3,(H,24,25)/b23-12-. The lowest BCUT2D eigenvalue weighted by atomic mass is 10.1. The van der Waals surface area contributed by atoms with Crippen LogP contribution in [0, 0.1) is 13.8 Å². The minimum atomic E-state index is -0.355. The zero-order chi connectivity index (χ0) is 19.2. The third-order valence-corrected chi connectivity index (χ3v) is 3.92. The maximum Gasteiger partial charge on any atom is 0.277 e. The summed E-state index contributed by atoms with van der Waals surface area (Å²) in [4.78, 5) is 11.8. The molecule has 5 nitrogen and oxygen atoms in total. The topological polar surface area (TPSA) is 63.8 Å². The molecule has 0 radical (unpaired) electrons. The summed E-state index contributed by atoms with van der Waals surface area (Å²) < 4.78 is 11.2. The summed E-state index contributed by atoms with van der Waals surface area (Å²) in [5, 5.41) is 4.52. The van der Waals surface area contributed by atoms with Crippen LogP contribution in [0.15, 0.2) is 64.1 Å². The number of carbonyl (C=O) groups excluding carboxylic acids is 1. The molecule has 1 aromatic heterocycles. The summed E-state index contributed by atoms with van der Waals surface area (Å²) >= 11 is 5.98. The molecule has 2 aromatic carbocycles. The number of furan rings is 1. The molecule has 0 fully saturated rings. The van der Waals surface area contributed by atoms with Gasteiger partial charge in [-0.15, -0.1) is 0 Å². The first-order valence-electron chi connectivity index (χ1n) is 8.38. The van der Waals surface area contributed by atoms with Gasteiger partial charge in [0, 0.05) is 10.6 Å². The molecule has 0 atom stereocenters. The molecule has 6 heteroatoms. The Bertz CT molecular complexity index is 959. The van der Waals surface area contributed by atoms with Crippen molar-refractivity contribution in [1.82, 2.24) is 5.43 Å². The average molecular weight is 383 g/mol. The van der Waals surface area contributed by atoms with E-state index in [-0.39, 0.29) is 12.5 Å². The number of rotatable bonds is 6. The van der Waals surface area contributed by atoms with Gasteiger partial charge in [0.25, 0.3) is 5.91 Å². The van der Waals surface area contributed by atoms with Gasteiger partial charge in [0.1, 0.15) is 17.3 Å². The summed E-state index contributed by atoms with van der Waals surface area (Å²) in [6, 6.07) is 16.7. The number of ether oxygens (including phenoxy) is 1. The number of hydrazone groups is 1. The molecule has 27 heavy (non-hydrogen) atoms. The van der Waals surface area contributed by atoms with Gasteiger partial charge in [-0.05, 0) is 61.4 Å². The second-order valence-corrected chi connectivity index (χ2v) is 6.55. The van der Waals surface area contributed by atoms with E-state index in [4.69, 9.17) is 20.8 Å². The van der Waals surface area contributed by atoms with E-state index in [0.717, 1.165) is 16.7 Å². The molecule has 3 aromatic rings. The largest absolute Gasteiger partial charge is 0.484 e. The fourth-order valence-electron chi connectivity index (χ4n) is 2.58. The van der Waals surface area contributed by atoms with Crippen LogP contribution < -0.4 is 10.2 Å². The molecule has 0 aliphatic carbocycles. The third kappa shape index (κ3) is 5.46. The summed E-state index contributed by atoms with van der Waals surface area (Å²) in [6.07, 6.45) is 1.43. The second-order valence-electron chi connectivity index (χ2n) is 6.12. The van der Waals surface area contributed by atoms with Crippen LogP contribution in [0.5, 0.6) is 5.75 Å². The maximum atomic E-state index is 11.8. The van der Waals surface area contributed by atoms with Crippen molar-refractivity contribution in [2.75, 3.05) is 6.61 Å². The molecule has 0 aliphatic rings. The van der Waals surface area contributed by atoms with Crippen LogP contribution in [0.4, 0.5) is 0 Å². The number of carbonyl (C=O) groups is 1. The number of aryl methyl sites for hydroxylation is 2. The summed E-state index contributed by atoms with van der Waals surface area (Å²) in [6.45, 7) is 3.84. The van der Waals surface area contributed by atoms with Crippen LogP contribution in [0.3, 0.4) is 0 Å². The summed E-state index contributed by atoms with van der Waals surface area (Å²) in [7, 11) is 0. The lowest BCUT2D eigenvalue weighted by Gasteiger charge is -2.07. The third-order valence-electron chi connectivity index (χ3n) is 3.68. The first-order chi connectivity index (χ1) is 13.0. The van der Waals surface area contributed by atoms with Crippen molar-refractivity contribution in [2.24, 2.45) is 5.10 Å². The van der Waals surface area contributed by atoms with Gasteiger partial charge < -0.3 is 9.15 Å². The van der Waals surface area contributed by atoms with Crippen LogP contribution >= 0.6 is 11.6 Å². The van der Waals surface area contributed by atoms with Crippen LogP contribution in [0.25, 0.3) is 11.3 Å². The van der Waals surface area contributed by atoms with Crippen molar-refractivity contribution < 1.29 is 13.9 Å². The second kappa shape index (κ2) is 8.56. The zero-order valence-electron chi connectivity index (χ0n) is 15.0. The molecular formula is C21H19ClN2O3. The van der Waals surface area contributed by atoms with Crippen molar-refractivity contribution in [2.45, 2.75) is 13.8 Å². The Labute approximate surface area is 162 Å². The van der Waals surface area contributed by atoms with Crippen molar-refractivity contribution >= 4 is 23.7 Å². The van der Waals surface area contributed by atoms with Gasteiger partial charge in [-0.2, -0.15) is 5.10 Å². The van der Waals surface area contributed by atoms with Gasteiger partial charge in [0.05, 0.1) is 6.21 Å². The Morgan fingerprint density at radius 1 is 1.15 bits per heavy atom. The van der Waals surface area contributed by atoms with E-state index >= 15 is 0 Å². The van der Waals surface area contributed by atoms with Crippen molar-refractivity contribution in [1.29, 1.82) is 0 Å². The molecule has 3 rings (SSSR count). The molecule has 1 N–H and O–H groups in total. The van der Waals surface area contributed by atoms with E-state index < -0.39 is 0 Å². The molecular weight excluding hydrogens is 364 g/mol. The van der Waals surface area contributed by atoms with Crippen LogP contribution in [0.2, 0.25) is 5.02 Å². The minimum absolute atomic E-state index is 0.119. The maximum absolute atomic E-state index is 11.8. The number of benzene rings is 2. The van der Waals surface area contributed by atoms with E-state index in [0.29, 0.717) is 22.3 Å². The molecule has 0 bridgehead atoms. The normalized spacial score (nSPS) is 10.9. The Kier molecular flexibility index (Phi) is 5.94. The first-order valence-corrected chi connectivity index (χ1v) is 8.76. The first kappa shape index (κ1) is 18.7. The van der Waals surface area contributed by atoms with Crippen LogP contribution in [0.1, 0.15) is 16.9 Å². The Balaban J connectivity index is 1.52. The lowest BCUT2D eigenvalue weighted by molar-refractivity contribution is -0.123. The van der Waals surface area contributed by atoms with E-state index in [1.54, 1.807) is 12.1 Å². The average Bonchev–Trinajstić information content (AvgIpc) is 3.08. The number of nitrogens with one attached hydrogen (secondary N) is 1. The smallest absolute Gasteiger partial charge is 0.277 e. The fourth-order valence-corrected chi connectivity index (χ4v) is 2.77. The molecule has 1 heterocycles. The van der Waals surface area contributed by atoms with Gasteiger partial charge in [-0.3, -0.25) is 4.79 Å². The van der Waals surface area contributed by atoms with Crippen LogP contribution in [-0.4, -0.2) is 18.7 Å². The predicted molar refractivity (Wildman–Crippen MR) is 106 cm³/mol. The molecule has 0 saturated heterocycles. The van der Waals surface area contributed by atoms with Crippen LogP contribution in [-0.2, 0) is 4.79 Å². The molecule has 138 valence electrons. The van der Waals surface area contributed by atoms with Crippen molar-refractivity contribution in [3.8, 4) is 17.1 Å². The highest BCUT2D eigenvalue weighted by Crippen LogP contribution is 2.24. The van der Waals surface area contributed by atoms with Gasteiger partial charge in [-0.25, -0.2) is 5.43 Å². The van der Waals surface area contributed by atoms with Crippen molar-refractivity contribution in [3.63, 3.8) is 0 Å².